The fourth-order valence-electron chi connectivity index (χ4n) is 2.06. The first-order valence-corrected chi connectivity index (χ1v) is 6.42. The Labute approximate surface area is 94.7 Å². The van der Waals surface area contributed by atoms with Crippen molar-refractivity contribution < 1.29 is 0 Å². The molecule has 0 saturated carbocycles. The summed E-state index contributed by atoms with van der Waals surface area (Å²) < 4.78 is 0. The van der Waals surface area contributed by atoms with Crippen LogP contribution in [0.2, 0.25) is 0 Å². The molecular formula is C15H24. The maximum atomic E-state index is 2.41. The normalized spacial score (nSPS) is 10.6. The van der Waals surface area contributed by atoms with Gasteiger partial charge in [0.25, 0.3) is 0 Å². The molecule has 0 bridgehead atoms. The van der Waals surface area contributed by atoms with E-state index in [4.69, 9.17) is 0 Å². The van der Waals surface area contributed by atoms with Gasteiger partial charge in [-0.3, -0.25) is 0 Å². The SMILES string of the molecule is CCCCc1ccc(CCC)cc1CC. The first-order valence-electron chi connectivity index (χ1n) is 6.42. The molecule has 0 aliphatic heterocycles. The van der Waals surface area contributed by atoms with Crippen molar-refractivity contribution in [3.05, 3.63) is 34.9 Å². The lowest BCUT2D eigenvalue weighted by atomic mass is 9.96. The van der Waals surface area contributed by atoms with E-state index in [-0.39, 0.29) is 0 Å². The molecule has 0 spiro atoms. The fraction of sp³-hybridized carbons (Fsp3) is 0.600. The van der Waals surface area contributed by atoms with Crippen LogP contribution in [0.3, 0.4) is 0 Å². The third-order valence-corrected chi connectivity index (χ3v) is 2.99. The number of hydrogen-bond acceptors (Lipinski definition) is 0. The predicted molar refractivity (Wildman–Crippen MR) is 68.4 cm³/mol. The van der Waals surface area contributed by atoms with E-state index in [1.54, 1.807) is 11.1 Å². The van der Waals surface area contributed by atoms with Gasteiger partial charge in [0.05, 0.1) is 0 Å². The summed E-state index contributed by atoms with van der Waals surface area (Å²) in [5, 5.41) is 0. The quantitative estimate of drug-likeness (QED) is 0.638. The molecule has 0 aliphatic carbocycles. The Morgan fingerprint density at radius 2 is 1.67 bits per heavy atom. The summed E-state index contributed by atoms with van der Waals surface area (Å²) in [7, 11) is 0. The van der Waals surface area contributed by atoms with Crippen molar-refractivity contribution in [2.24, 2.45) is 0 Å². The maximum absolute atomic E-state index is 2.41. The van der Waals surface area contributed by atoms with E-state index in [2.05, 4.69) is 39.0 Å². The second-order valence-electron chi connectivity index (χ2n) is 4.31. The molecule has 0 radical (unpaired) electrons. The van der Waals surface area contributed by atoms with Crippen LogP contribution in [0.15, 0.2) is 18.2 Å². The lowest BCUT2D eigenvalue weighted by Crippen LogP contribution is -1.95. The molecule has 15 heavy (non-hydrogen) atoms. The van der Waals surface area contributed by atoms with Gasteiger partial charge in [-0.2, -0.15) is 0 Å². The monoisotopic (exact) mass is 204 g/mol. The summed E-state index contributed by atoms with van der Waals surface area (Å²) >= 11 is 0. The Kier molecular flexibility index (Phi) is 5.45. The van der Waals surface area contributed by atoms with Gasteiger partial charge in [0, 0.05) is 0 Å². The van der Waals surface area contributed by atoms with E-state index < -0.39 is 0 Å². The summed E-state index contributed by atoms with van der Waals surface area (Å²) in [5.41, 5.74) is 4.64. The highest BCUT2D eigenvalue weighted by atomic mass is 14.1. The highest BCUT2D eigenvalue weighted by molar-refractivity contribution is 5.32. The van der Waals surface area contributed by atoms with E-state index in [1.807, 2.05) is 0 Å². The highest BCUT2D eigenvalue weighted by Crippen LogP contribution is 2.16. The molecule has 1 aromatic carbocycles. The van der Waals surface area contributed by atoms with Crippen LogP contribution in [0.25, 0.3) is 0 Å². The molecular weight excluding hydrogens is 180 g/mol. The van der Waals surface area contributed by atoms with Crippen LogP contribution in [-0.4, -0.2) is 0 Å². The van der Waals surface area contributed by atoms with Gasteiger partial charge >= 0.3 is 0 Å². The van der Waals surface area contributed by atoms with E-state index in [0.717, 1.165) is 0 Å². The first kappa shape index (κ1) is 12.3. The molecule has 1 aromatic rings. The fourth-order valence-corrected chi connectivity index (χ4v) is 2.06. The van der Waals surface area contributed by atoms with Crippen molar-refractivity contribution in [3.8, 4) is 0 Å². The summed E-state index contributed by atoms with van der Waals surface area (Å²) in [6, 6.07) is 7.07. The van der Waals surface area contributed by atoms with Gasteiger partial charge in [-0.25, -0.2) is 0 Å². The Morgan fingerprint density at radius 1 is 0.867 bits per heavy atom. The Hall–Kier alpha value is -0.780. The van der Waals surface area contributed by atoms with E-state index in [0.29, 0.717) is 0 Å². The van der Waals surface area contributed by atoms with Crippen LogP contribution < -0.4 is 0 Å². The van der Waals surface area contributed by atoms with Crippen molar-refractivity contribution in [2.45, 2.75) is 59.3 Å². The number of hydrogen-bond donors (Lipinski definition) is 0. The Bertz CT molecular complexity index is 286. The topological polar surface area (TPSA) is 0 Å². The summed E-state index contributed by atoms with van der Waals surface area (Å²) in [6.45, 7) is 6.77. The van der Waals surface area contributed by atoms with Crippen LogP contribution in [0.1, 0.15) is 56.7 Å². The van der Waals surface area contributed by atoms with E-state index in [9.17, 15) is 0 Å². The second kappa shape index (κ2) is 6.66. The van der Waals surface area contributed by atoms with Gasteiger partial charge in [-0.1, -0.05) is 51.8 Å². The zero-order valence-corrected chi connectivity index (χ0v) is 10.5. The Morgan fingerprint density at radius 3 is 2.27 bits per heavy atom. The van der Waals surface area contributed by atoms with Crippen molar-refractivity contribution >= 4 is 0 Å². The molecule has 0 aliphatic rings. The molecule has 84 valence electrons. The summed E-state index contributed by atoms with van der Waals surface area (Å²) in [5.74, 6) is 0. The average molecular weight is 204 g/mol. The lowest BCUT2D eigenvalue weighted by Gasteiger charge is -2.09. The number of aryl methyl sites for hydroxylation is 3. The minimum atomic E-state index is 1.18. The van der Waals surface area contributed by atoms with Gasteiger partial charge in [0.2, 0.25) is 0 Å². The predicted octanol–water partition coefficient (Wildman–Crippen LogP) is 4.54. The van der Waals surface area contributed by atoms with Crippen LogP contribution in [0.5, 0.6) is 0 Å². The third kappa shape index (κ3) is 3.70. The third-order valence-electron chi connectivity index (χ3n) is 2.99. The van der Waals surface area contributed by atoms with Crippen molar-refractivity contribution in [2.75, 3.05) is 0 Å². The molecule has 1 rings (SSSR count). The molecule has 0 nitrogen and oxygen atoms in total. The van der Waals surface area contributed by atoms with Crippen LogP contribution >= 0.6 is 0 Å². The molecule has 0 N–H and O–H groups in total. The second-order valence-corrected chi connectivity index (χ2v) is 4.31. The van der Waals surface area contributed by atoms with Crippen molar-refractivity contribution in [1.29, 1.82) is 0 Å². The van der Waals surface area contributed by atoms with Crippen LogP contribution in [0, 0.1) is 0 Å². The van der Waals surface area contributed by atoms with E-state index >= 15 is 0 Å². The molecule has 0 fully saturated rings. The minimum Gasteiger partial charge on any atom is -0.0654 e. The van der Waals surface area contributed by atoms with Gasteiger partial charge in [-0.05, 0) is 42.4 Å². The van der Waals surface area contributed by atoms with Crippen molar-refractivity contribution in [1.82, 2.24) is 0 Å². The number of unbranched alkanes of at least 4 members (excludes halogenated alkanes) is 1. The average Bonchev–Trinajstić information content (AvgIpc) is 2.27. The van der Waals surface area contributed by atoms with Crippen molar-refractivity contribution in [3.63, 3.8) is 0 Å². The van der Waals surface area contributed by atoms with Crippen LogP contribution in [-0.2, 0) is 19.3 Å². The summed E-state index contributed by atoms with van der Waals surface area (Å²) in [6.07, 6.45) is 7.52. The molecule has 0 unspecified atom stereocenters. The van der Waals surface area contributed by atoms with Gasteiger partial charge < -0.3 is 0 Å². The molecule has 0 heteroatoms. The molecule has 0 amide bonds. The number of rotatable bonds is 6. The minimum absolute atomic E-state index is 1.18. The highest BCUT2D eigenvalue weighted by Gasteiger charge is 2.01. The zero-order valence-electron chi connectivity index (χ0n) is 10.5. The lowest BCUT2D eigenvalue weighted by molar-refractivity contribution is 0.785. The van der Waals surface area contributed by atoms with Gasteiger partial charge in [0.1, 0.15) is 0 Å². The number of benzene rings is 1. The van der Waals surface area contributed by atoms with Crippen LogP contribution in [0.4, 0.5) is 0 Å². The largest absolute Gasteiger partial charge is 0.0654 e. The van der Waals surface area contributed by atoms with Gasteiger partial charge in [-0.15, -0.1) is 0 Å². The summed E-state index contributed by atoms with van der Waals surface area (Å²) in [4.78, 5) is 0. The standard InChI is InChI=1S/C15H24/c1-4-7-9-15-11-10-13(8-5-2)12-14(15)6-3/h10-12H,4-9H2,1-3H3. The van der Waals surface area contributed by atoms with Gasteiger partial charge in [0.15, 0.2) is 0 Å². The molecule has 0 heterocycles. The smallest absolute Gasteiger partial charge is 0.0276 e. The molecule has 0 saturated heterocycles. The first-order chi connectivity index (χ1) is 7.31. The molecule has 0 aromatic heterocycles. The zero-order chi connectivity index (χ0) is 11.1. The Balaban J connectivity index is 2.78. The van der Waals surface area contributed by atoms with E-state index in [1.165, 1.54) is 44.1 Å². The maximum Gasteiger partial charge on any atom is -0.0276 e. The molecule has 0 atom stereocenters.